The molecule has 10 heteroatoms. The number of hydrogen-bond donors (Lipinski definition) is 4. The number of para-hydroxylation sites is 1. The second kappa shape index (κ2) is 8.95. The molecule has 3 aromatic carbocycles. The first-order valence-corrected chi connectivity index (χ1v) is 12.6. The number of amides is 3. The summed E-state index contributed by atoms with van der Waals surface area (Å²) in [6, 6.07) is 16.8. The number of benzene rings is 3. The van der Waals surface area contributed by atoms with Crippen LogP contribution in [0.15, 0.2) is 66.7 Å². The average Bonchev–Trinajstić information content (AvgIpc) is 3.50. The number of anilines is 2. The van der Waals surface area contributed by atoms with E-state index in [0.717, 1.165) is 4.90 Å². The molecule has 2 saturated heterocycles. The summed E-state index contributed by atoms with van der Waals surface area (Å²) in [4.78, 5) is 54.8. The van der Waals surface area contributed by atoms with Gasteiger partial charge in [0, 0.05) is 17.3 Å². The summed E-state index contributed by atoms with van der Waals surface area (Å²) in [6.45, 7) is 1.91. The maximum Gasteiger partial charge on any atom is 0.338 e. The molecule has 0 aromatic heterocycles. The van der Waals surface area contributed by atoms with Crippen LogP contribution in [-0.4, -0.2) is 46.6 Å². The van der Waals surface area contributed by atoms with Crippen LogP contribution in [-0.2, 0) is 31.1 Å². The summed E-state index contributed by atoms with van der Waals surface area (Å²) in [5.41, 5.74) is 0.859. The molecule has 198 valence electrons. The second-order valence-electron chi connectivity index (χ2n) is 9.87. The number of nitrogens with zero attached hydrogens (tertiary/aromatic N) is 1. The Hall–Kier alpha value is -4.70. The van der Waals surface area contributed by atoms with Crippen LogP contribution in [0.1, 0.15) is 28.4 Å². The standard InChI is InChI=1S/C29H25N3O7/c1-2-39-27(37)16-8-10-17(11-9-16)32-25(35)23-20(13-15-7-12-21(33)22(34)14-15)31-29(24(23)26(32)36)18-5-3-4-6-19(18)30-28(29)38/h3-12,14,20,23-24,31,33-34H,2,13H2,1H3,(H,30,38)/t20?,23-,24+,29?/m1/s1. The molecule has 2 fully saturated rings. The van der Waals surface area contributed by atoms with Crippen LogP contribution in [0, 0.1) is 11.8 Å². The van der Waals surface area contributed by atoms with Crippen LogP contribution in [0.4, 0.5) is 11.4 Å². The van der Waals surface area contributed by atoms with Gasteiger partial charge in [-0.2, -0.15) is 0 Å². The second-order valence-corrected chi connectivity index (χ2v) is 9.87. The van der Waals surface area contributed by atoms with Crippen LogP contribution in [0.2, 0.25) is 0 Å². The lowest BCUT2D eigenvalue weighted by molar-refractivity contribution is -0.130. The van der Waals surface area contributed by atoms with Gasteiger partial charge in [-0.05, 0) is 61.4 Å². The van der Waals surface area contributed by atoms with Crippen LogP contribution in [0.3, 0.4) is 0 Å². The Morgan fingerprint density at radius 3 is 2.44 bits per heavy atom. The van der Waals surface area contributed by atoms with Gasteiger partial charge in [0.1, 0.15) is 5.54 Å². The molecule has 3 amide bonds. The SMILES string of the molecule is CCOC(=O)c1ccc(N2C(=O)[C@@H]3C(Cc4ccc(O)c(O)c4)NC4(C(=O)Nc5ccccc54)[C@@H]3C2=O)cc1. The predicted octanol–water partition coefficient (Wildman–Crippen LogP) is 2.44. The molecule has 0 radical (unpaired) electrons. The lowest BCUT2D eigenvalue weighted by Crippen LogP contribution is -2.53. The van der Waals surface area contributed by atoms with E-state index in [9.17, 15) is 29.4 Å². The van der Waals surface area contributed by atoms with E-state index in [-0.39, 0.29) is 35.8 Å². The Kier molecular flexibility index (Phi) is 5.65. The van der Waals surface area contributed by atoms with Gasteiger partial charge in [0.15, 0.2) is 11.5 Å². The number of esters is 1. The zero-order valence-electron chi connectivity index (χ0n) is 20.9. The first-order chi connectivity index (χ1) is 18.8. The van der Waals surface area contributed by atoms with E-state index in [1.807, 2.05) is 0 Å². The number of rotatable bonds is 5. The Bertz CT molecular complexity index is 1540. The first-order valence-electron chi connectivity index (χ1n) is 12.6. The highest BCUT2D eigenvalue weighted by Crippen LogP contribution is 2.53. The summed E-state index contributed by atoms with van der Waals surface area (Å²) >= 11 is 0. The van der Waals surface area contributed by atoms with Gasteiger partial charge in [-0.25, -0.2) is 9.69 Å². The van der Waals surface area contributed by atoms with Gasteiger partial charge in [-0.3, -0.25) is 19.7 Å². The molecule has 6 rings (SSSR count). The lowest BCUT2D eigenvalue weighted by atomic mass is 9.76. The van der Waals surface area contributed by atoms with Crippen molar-refractivity contribution in [3.63, 3.8) is 0 Å². The molecule has 0 aliphatic carbocycles. The Balaban J connectivity index is 1.42. The molecule has 3 aliphatic rings. The van der Waals surface area contributed by atoms with Gasteiger partial charge in [-0.1, -0.05) is 24.3 Å². The molecule has 4 N–H and O–H groups in total. The van der Waals surface area contributed by atoms with Crippen molar-refractivity contribution in [1.29, 1.82) is 0 Å². The smallest absolute Gasteiger partial charge is 0.338 e. The van der Waals surface area contributed by atoms with Gasteiger partial charge in [-0.15, -0.1) is 0 Å². The number of hydrogen-bond acceptors (Lipinski definition) is 8. The number of aromatic hydroxyl groups is 2. The van der Waals surface area contributed by atoms with Gasteiger partial charge in [0.2, 0.25) is 17.7 Å². The van der Waals surface area contributed by atoms with Crippen molar-refractivity contribution < 1.29 is 34.1 Å². The molecule has 0 saturated carbocycles. The largest absolute Gasteiger partial charge is 0.504 e. The number of fused-ring (bicyclic) bond motifs is 4. The number of phenolic OH excluding ortho intramolecular Hbond substituents is 2. The molecule has 3 aliphatic heterocycles. The Labute approximate surface area is 223 Å². The third-order valence-electron chi connectivity index (χ3n) is 7.75. The molecule has 39 heavy (non-hydrogen) atoms. The average molecular weight is 528 g/mol. The number of carbonyl (C=O) groups is 4. The number of phenols is 2. The van der Waals surface area contributed by atoms with Crippen molar-refractivity contribution in [2.75, 3.05) is 16.8 Å². The quantitative estimate of drug-likeness (QED) is 0.225. The third kappa shape index (κ3) is 3.59. The van der Waals surface area contributed by atoms with Gasteiger partial charge < -0.3 is 20.3 Å². The molecule has 10 nitrogen and oxygen atoms in total. The molecule has 0 bridgehead atoms. The Morgan fingerprint density at radius 1 is 0.974 bits per heavy atom. The molecule has 2 unspecified atom stereocenters. The monoisotopic (exact) mass is 527 g/mol. The maximum atomic E-state index is 14.1. The number of ether oxygens (including phenoxy) is 1. The molecular formula is C29H25N3O7. The van der Waals surface area contributed by atoms with Crippen LogP contribution in [0.25, 0.3) is 0 Å². The molecule has 3 heterocycles. The van der Waals surface area contributed by atoms with Crippen LogP contribution < -0.4 is 15.5 Å². The van der Waals surface area contributed by atoms with Crippen molar-refractivity contribution >= 4 is 35.1 Å². The summed E-state index contributed by atoms with van der Waals surface area (Å²) in [7, 11) is 0. The highest BCUT2D eigenvalue weighted by Gasteiger charge is 2.70. The minimum Gasteiger partial charge on any atom is -0.504 e. The molecular weight excluding hydrogens is 502 g/mol. The van der Waals surface area contributed by atoms with E-state index in [1.165, 1.54) is 36.4 Å². The zero-order chi connectivity index (χ0) is 27.5. The van der Waals surface area contributed by atoms with Crippen molar-refractivity contribution in [2.24, 2.45) is 11.8 Å². The van der Waals surface area contributed by atoms with E-state index in [1.54, 1.807) is 37.3 Å². The van der Waals surface area contributed by atoms with Gasteiger partial charge in [0.05, 0.1) is 29.7 Å². The summed E-state index contributed by atoms with van der Waals surface area (Å²) in [5, 5.41) is 26.0. The van der Waals surface area contributed by atoms with Crippen LogP contribution in [0.5, 0.6) is 11.5 Å². The fourth-order valence-electron chi connectivity index (χ4n) is 6.10. The molecule has 3 aromatic rings. The van der Waals surface area contributed by atoms with Crippen molar-refractivity contribution in [2.45, 2.75) is 24.9 Å². The normalized spacial score (nSPS) is 25.1. The topological polar surface area (TPSA) is 145 Å². The summed E-state index contributed by atoms with van der Waals surface area (Å²) < 4.78 is 5.02. The van der Waals surface area contributed by atoms with Gasteiger partial charge >= 0.3 is 5.97 Å². The lowest BCUT2D eigenvalue weighted by Gasteiger charge is -2.29. The Morgan fingerprint density at radius 2 is 1.72 bits per heavy atom. The summed E-state index contributed by atoms with van der Waals surface area (Å²) in [5.74, 6) is -4.44. The fraction of sp³-hybridized carbons (Fsp3) is 0.241. The minimum atomic E-state index is -1.47. The van der Waals surface area contributed by atoms with E-state index in [0.29, 0.717) is 16.8 Å². The summed E-state index contributed by atoms with van der Waals surface area (Å²) in [6.07, 6.45) is 0.209. The van der Waals surface area contributed by atoms with Crippen LogP contribution >= 0.6 is 0 Å². The number of carbonyl (C=O) groups excluding carboxylic acids is 4. The molecule has 4 atom stereocenters. The highest BCUT2D eigenvalue weighted by atomic mass is 16.5. The minimum absolute atomic E-state index is 0.209. The number of nitrogens with one attached hydrogen (secondary N) is 2. The van der Waals surface area contributed by atoms with E-state index in [4.69, 9.17) is 4.74 Å². The van der Waals surface area contributed by atoms with Gasteiger partial charge in [0.25, 0.3) is 0 Å². The van der Waals surface area contributed by atoms with Crippen molar-refractivity contribution in [1.82, 2.24) is 5.32 Å². The first kappa shape index (κ1) is 24.6. The molecule has 1 spiro atoms. The zero-order valence-corrected chi connectivity index (χ0v) is 20.9. The highest BCUT2D eigenvalue weighted by molar-refractivity contribution is 6.25. The number of imide groups is 1. The van der Waals surface area contributed by atoms with Crippen molar-refractivity contribution in [3.05, 3.63) is 83.4 Å². The fourth-order valence-corrected chi connectivity index (χ4v) is 6.10. The van der Waals surface area contributed by atoms with E-state index in [2.05, 4.69) is 10.6 Å². The van der Waals surface area contributed by atoms with Crippen molar-refractivity contribution in [3.8, 4) is 11.5 Å². The maximum absolute atomic E-state index is 14.1. The predicted molar refractivity (Wildman–Crippen MR) is 139 cm³/mol. The van der Waals surface area contributed by atoms with E-state index < -0.39 is 47.1 Å². The van der Waals surface area contributed by atoms with E-state index >= 15 is 0 Å². The third-order valence-corrected chi connectivity index (χ3v) is 7.75.